The molecule has 0 bridgehead atoms. The highest BCUT2D eigenvalue weighted by atomic mass is 16.7. The number of nitrogens with zero attached hydrogens (tertiary/aromatic N) is 2. The second-order valence-electron chi connectivity index (χ2n) is 1.72. The Hall–Kier alpha value is -1.24. The lowest BCUT2D eigenvalue weighted by molar-refractivity contribution is -0.750. The maximum Gasteiger partial charge on any atom is 0.475 e. The van der Waals surface area contributed by atoms with Crippen LogP contribution in [0.2, 0.25) is 0 Å². The average Bonchev–Trinajstić information content (AvgIpc) is 1.59. The van der Waals surface area contributed by atoms with Gasteiger partial charge in [0.25, 0.3) is 0 Å². The monoisotopic (exact) mass is 150 g/mol. The Kier molecular flexibility index (Phi) is 2.68. The highest BCUT2D eigenvalue weighted by molar-refractivity contribution is 4.48. The molecule has 0 aromatic heterocycles. The molecule has 0 spiro atoms. The molecule has 7 nitrogen and oxygen atoms in total. The van der Waals surface area contributed by atoms with Crippen molar-refractivity contribution in [3.05, 3.63) is 20.2 Å². The highest BCUT2D eigenvalue weighted by Gasteiger charge is 2.37. The van der Waals surface area contributed by atoms with Crippen LogP contribution in [0.3, 0.4) is 0 Å². The molecule has 0 heterocycles. The standard InChI is InChI=1S/C3H6N2O5/c1-2(6)3(4(7)8)5(9)10/h2-3,6H,1H3. The van der Waals surface area contributed by atoms with Crippen LogP contribution in [0.4, 0.5) is 0 Å². The second-order valence-corrected chi connectivity index (χ2v) is 1.72. The van der Waals surface area contributed by atoms with Gasteiger partial charge in [-0.05, 0) is 6.92 Å². The van der Waals surface area contributed by atoms with Gasteiger partial charge in [-0.2, -0.15) is 0 Å². The molecule has 1 atom stereocenters. The lowest BCUT2D eigenvalue weighted by atomic mass is 10.3. The van der Waals surface area contributed by atoms with E-state index in [4.69, 9.17) is 5.11 Å². The lowest BCUT2D eigenvalue weighted by Gasteiger charge is -2.02. The van der Waals surface area contributed by atoms with Crippen molar-refractivity contribution in [1.82, 2.24) is 0 Å². The summed E-state index contributed by atoms with van der Waals surface area (Å²) in [5.74, 6) is 0. The van der Waals surface area contributed by atoms with E-state index < -0.39 is 22.1 Å². The third-order valence-electron chi connectivity index (χ3n) is 0.863. The Balaban J connectivity index is 4.27. The van der Waals surface area contributed by atoms with Crippen LogP contribution in [0.25, 0.3) is 0 Å². The zero-order chi connectivity index (χ0) is 8.31. The topological polar surface area (TPSA) is 107 Å². The van der Waals surface area contributed by atoms with Crippen LogP contribution in [0.15, 0.2) is 0 Å². The normalized spacial score (nSPS) is 13.1. The van der Waals surface area contributed by atoms with Gasteiger partial charge >= 0.3 is 6.17 Å². The molecule has 58 valence electrons. The number of hydrogen-bond donors (Lipinski definition) is 1. The van der Waals surface area contributed by atoms with Gasteiger partial charge in [0.15, 0.2) is 6.10 Å². The minimum atomic E-state index is -2.11. The van der Waals surface area contributed by atoms with Gasteiger partial charge in [-0.25, -0.2) is 0 Å². The number of rotatable bonds is 3. The Labute approximate surface area is 55.6 Å². The number of aliphatic hydroxyl groups is 1. The fraction of sp³-hybridized carbons (Fsp3) is 1.00. The molecule has 0 aromatic carbocycles. The molecule has 0 rings (SSSR count). The van der Waals surface area contributed by atoms with Gasteiger partial charge in [0.05, 0.1) is 9.85 Å². The molecule has 0 aliphatic heterocycles. The summed E-state index contributed by atoms with van der Waals surface area (Å²) >= 11 is 0. The summed E-state index contributed by atoms with van der Waals surface area (Å²) < 4.78 is 0. The third kappa shape index (κ3) is 1.94. The van der Waals surface area contributed by atoms with Crippen LogP contribution in [0, 0.1) is 20.2 Å². The van der Waals surface area contributed by atoms with Crippen LogP contribution in [0.5, 0.6) is 0 Å². The SMILES string of the molecule is CC(O)C([N+](=O)[O-])[N+](=O)[O-]. The fourth-order valence-corrected chi connectivity index (χ4v) is 0.429. The van der Waals surface area contributed by atoms with E-state index in [1.54, 1.807) is 0 Å². The summed E-state index contributed by atoms with van der Waals surface area (Å²) in [6.07, 6.45) is -3.68. The first kappa shape index (κ1) is 8.76. The highest BCUT2D eigenvalue weighted by Crippen LogP contribution is 1.97. The maximum absolute atomic E-state index is 9.79. The summed E-state index contributed by atoms with van der Waals surface area (Å²) in [7, 11) is 0. The second kappa shape index (κ2) is 3.06. The quantitative estimate of drug-likeness (QED) is 0.323. The predicted octanol–water partition coefficient (Wildman–Crippen LogP) is -0.753. The van der Waals surface area contributed by atoms with E-state index in [2.05, 4.69) is 0 Å². The minimum absolute atomic E-state index is 0.996. The zero-order valence-electron chi connectivity index (χ0n) is 5.13. The van der Waals surface area contributed by atoms with Crippen molar-refractivity contribution in [3.63, 3.8) is 0 Å². The van der Waals surface area contributed by atoms with Crippen LogP contribution in [0.1, 0.15) is 6.92 Å². The van der Waals surface area contributed by atoms with Crippen LogP contribution >= 0.6 is 0 Å². The Morgan fingerprint density at radius 3 is 1.60 bits per heavy atom. The van der Waals surface area contributed by atoms with E-state index in [1.807, 2.05) is 0 Å². The van der Waals surface area contributed by atoms with E-state index in [-0.39, 0.29) is 0 Å². The first-order chi connectivity index (χ1) is 4.46. The smallest absolute Gasteiger partial charge is 0.379 e. The zero-order valence-corrected chi connectivity index (χ0v) is 5.13. The van der Waals surface area contributed by atoms with E-state index in [0.717, 1.165) is 6.92 Å². The molecule has 1 unspecified atom stereocenters. The Morgan fingerprint density at radius 1 is 1.30 bits per heavy atom. The van der Waals surface area contributed by atoms with Crippen LogP contribution in [-0.2, 0) is 0 Å². The molecule has 0 amide bonds. The van der Waals surface area contributed by atoms with Crippen molar-refractivity contribution >= 4 is 0 Å². The van der Waals surface area contributed by atoms with Gasteiger partial charge in [-0.15, -0.1) is 0 Å². The van der Waals surface area contributed by atoms with Gasteiger partial charge < -0.3 is 5.11 Å². The van der Waals surface area contributed by atoms with E-state index >= 15 is 0 Å². The molecule has 0 saturated carbocycles. The lowest BCUT2D eigenvalue weighted by Crippen LogP contribution is -2.38. The average molecular weight is 150 g/mol. The summed E-state index contributed by atoms with van der Waals surface area (Å²) in [6, 6.07) is 0. The first-order valence-electron chi connectivity index (χ1n) is 2.42. The third-order valence-corrected chi connectivity index (χ3v) is 0.863. The van der Waals surface area contributed by atoms with Crippen LogP contribution < -0.4 is 0 Å². The van der Waals surface area contributed by atoms with Gasteiger partial charge in [-0.3, -0.25) is 20.2 Å². The number of aliphatic hydroxyl groups excluding tert-OH is 1. The summed E-state index contributed by atoms with van der Waals surface area (Å²) in [5.41, 5.74) is 0. The molecule has 1 N–H and O–H groups in total. The first-order valence-corrected chi connectivity index (χ1v) is 2.42. The van der Waals surface area contributed by atoms with Gasteiger partial charge in [0.2, 0.25) is 0 Å². The van der Waals surface area contributed by atoms with E-state index in [0.29, 0.717) is 0 Å². The summed E-state index contributed by atoms with van der Waals surface area (Å²) in [5, 5.41) is 28.0. The molecule has 10 heavy (non-hydrogen) atoms. The predicted molar refractivity (Wildman–Crippen MR) is 29.5 cm³/mol. The molecule has 0 radical (unpaired) electrons. The minimum Gasteiger partial charge on any atom is -0.379 e. The number of nitro groups is 2. The van der Waals surface area contributed by atoms with Crippen molar-refractivity contribution in [1.29, 1.82) is 0 Å². The summed E-state index contributed by atoms with van der Waals surface area (Å²) in [4.78, 5) is 17.3. The molecule has 0 fully saturated rings. The molecular weight excluding hydrogens is 144 g/mol. The van der Waals surface area contributed by atoms with Crippen molar-refractivity contribution in [2.75, 3.05) is 0 Å². The van der Waals surface area contributed by atoms with Gasteiger partial charge in [-0.1, -0.05) is 0 Å². The van der Waals surface area contributed by atoms with Gasteiger partial charge in [0.1, 0.15) is 0 Å². The molecule has 0 aromatic rings. The molecule has 0 aliphatic carbocycles. The molecule has 0 saturated heterocycles. The molecular formula is C3H6N2O5. The van der Waals surface area contributed by atoms with E-state index in [1.165, 1.54) is 0 Å². The van der Waals surface area contributed by atoms with Gasteiger partial charge in [0, 0.05) is 0 Å². The largest absolute Gasteiger partial charge is 0.475 e. The molecule has 0 aliphatic rings. The van der Waals surface area contributed by atoms with Crippen molar-refractivity contribution < 1.29 is 15.0 Å². The number of hydrogen-bond acceptors (Lipinski definition) is 5. The Morgan fingerprint density at radius 2 is 1.60 bits per heavy atom. The maximum atomic E-state index is 9.79. The molecule has 7 heteroatoms. The summed E-state index contributed by atoms with van der Waals surface area (Å²) in [6.45, 7) is 0.996. The van der Waals surface area contributed by atoms with Crippen LogP contribution in [-0.4, -0.2) is 27.2 Å². The fourth-order valence-electron chi connectivity index (χ4n) is 0.429. The van der Waals surface area contributed by atoms with Crippen molar-refractivity contribution in [2.45, 2.75) is 19.2 Å². The van der Waals surface area contributed by atoms with Crippen molar-refractivity contribution in [2.24, 2.45) is 0 Å². The van der Waals surface area contributed by atoms with E-state index in [9.17, 15) is 20.2 Å². The Bertz CT molecular complexity index is 141. The van der Waals surface area contributed by atoms with Crippen molar-refractivity contribution in [3.8, 4) is 0 Å².